The van der Waals surface area contributed by atoms with E-state index in [1.165, 1.54) is 23.5 Å². The highest BCUT2D eigenvalue weighted by Gasteiger charge is 2.07. The Morgan fingerprint density at radius 2 is 2.10 bits per heavy atom. The fourth-order valence-electron chi connectivity index (χ4n) is 1.81. The van der Waals surface area contributed by atoms with Gasteiger partial charge in [-0.3, -0.25) is 0 Å². The van der Waals surface area contributed by atoms with Gasteiger partial charge in [0.1, 0.15) is 11.6 Å². The maximum absolute atomic E-state index is 13.7. The molecular weight excluding hydrogens is 275 g/mol. The summed E-state index contributed by atoms with van der Waals surface area (Å²) in [5.41, 5.74) is 1.19. The number of nitriles is 1. The predicted octanol–water partition coefficient (Wildman–Crippen LogP) is 3.89. The Hall–Kier alpha value is -2.45. The van der Waals surface area contributed by atoms with Gasteiger partial charge in [-0.05, 0) is 30.3 Å². The van der Waals surface area contributed by atoms with Crippen LogP contribution >= 0.6 is 11.3 Å². The maximum atomic E-state index is 13.7. The lowest BCUT2D eigenvalue weighted by atomic mass is 10.2. The molecule has 3 rings (SSSR count). The van der Waals surface area contributed by atoms with Crippen LogP contribution in [0.25, 0.3) is 10.2 Å². The van der Waals surface area contributed by atoms with E-state index >= 15 is 0 Å². The molecule has 0 fully saturated rings. The van der Waals surface area contributed by atoms with Crippen LogP contribution in [0, 0.1) is 17.1 Å². The number of thiazole rings is 1. The SMILES string of the molecule is N#Cc1ccc(OCc2nc3ccccc3s2)c(F)c1. The van der Waals surface area contributed by atoms with Crippen molar-refractivity contribution in [2.75, 3.05) is 0 Å². The molecule has 0 unspecified atom stereocenters. The molecule has 3 nitrogen and oxygen atoms in total. The van der Waals surface area contributed by atoms with Crippen LogP contribution in [0.4, 0.5) is 4.39 Å². The van der Waals surface area contributed by atoms with Gasteiger partial charge in [0.25, 0.3) is 0 Å². The van der Waals surface area contributed by atoms with Gasteiger partial charge in [-0.25, -0.2) is 9.37 Å². The van der Waals surface area contributed by atoms with Crippen LogP contribution in [0.2, 0.25) is 0 Å². The zero-order valence-electron chi connectivity index (χ0n) is 10.3. The summed E-state index contributed by atoms with van der Waals surface area (Å²) in [6, 6.07) is 13.8. The summed E-state index contributed by atoms with van der Waals surface area (Å²) in [6.07, 6.45) is 0. The second kappa shape index (κ2) is 5.27. The first-order valence-corrected chi connectivity index (χ1v) is 6.75. The van der Waals surface area contributed by atoms with Crippen LogP contribution < -0.4 is 4.74 Å². The van der Waals surface area contributed by atoms with Gasteiger partial charge in [0, 0.05) is 0 Å². The van der Waals surface area contributed by atoms with Gasteiger partial charge >= 0.3 is 0 Å². The third-order valence-electron chi connectivity index (χ3n) is 2.75. The quantitative estimate of drug-likeness (QED) is 0.733. The molecule has 1 heterocycles. The predicted molar refractivity (Wildman–Crippen MR) is 75.1 cm³/mol. The van der Waals surface area contributed by atoms with Crippen molar-refractivity contribution in [2.45, 2.75) is 6.61 Å². The third kappa shape index (κ3) is 2.46. The van der Waals surface area contributed by atoms with E-state index in [2.05, 4.69) is 4.98 Å². The molecule has 98 valence electrons. The van der Waals surface area contributed by atoms with Crippen molar-refractivity contribution in [1.29, 1.82) is 5.26 Å². The van der Waals surface area contributed by atoms with E-state index in [1.54, 1.807) is 0 Å². The maximum Gasteiger partial charge on any atom is 0.166 e. The van der Waals surface area contributed by atoms with E-state index in [1.807, 2.05) is 30.3 Å². The van der Waals surface area contributed by atoms with Gasteiger partial charge in [0.2, 0.25) is 0 Å². The van der Waals surface area contributed by atoms with Crippen molar-refractivity contribution >= 4 is 21.6 Å². The monoisotopic (exact) mass is 284 g/mol. The van der Waals surface area contributed by atoms with Gasteiger partial charge in [0.05, 0.1) is 21.8 Å². The van der Waals surface area contributed by atoms with Gasteiger partial charge in [0.15, 0.2) is 11.6 Å². The molecule has 0 saturated carbocycles. The largest absolute Gasteiger partial charge is 0.483 e. The second-order valence-electron chi connectivity index (χ2n) is 4.12. The third-order valence-corrected chi connectivity index (χ3v) is 3.76. The normalized spacial score (nSPS) is 10.4. The molecule has 0 bridgehead atoms. The second-order valence-corrected chi connectivity index (χ2v) is 5.24. The standard InChI is InChI=1S/C15H9FN2OS/c16-11-7-10(8-17)5-6-13(11)19-9-15-18-12-3-1-2-4-14(12)20-15/h1-7H,9H2. The van der Waals surface area contributed by atoms with Crippen molar-refractivity contribution in [3.05, 3.63) is 58.9 Å². The summed E-state index contributed by atoms with van der Waals surface area (Å²) < 4.78 is 20.1. The Bertz CT molecular complexity index is 774. The Morgan fingerprint density at radius 3 is 2.85 bits per heavy atom. The number of fused-ring (bicyclic) bond motifs is 1. The number of hydrogen-bond donors (Lipinski definition) is 0. The molecule has 3 aromatic rings. The van der Waals surface area contributed by atoms with Crippen LogP contribution in [0.5, 0.6) is 5.75 Å². The zero-order chi connectivity index (χ0) is 13.9. The molecule has 0 aliphatic rings. The van der Waals surface area contributed by atoms with Crippen molar-refractivity contribution in [3.8, 4) is 11.8 Å². The molecule has 0 N–H and O–H groups in total. The lowest BCUT2D eigenvalue weighted by Crippen LogP contribution is -1.97. The Labute approximate surface area is 118 Å². The number of aromatic nitrogens is 1. The molecule has 0 radical (unpaired) electrons. The number of rotatable bonds is 3. The van der Waals surface area contributed by atoms with Crippen molar-refractivity contribution < 1.29 is 9.13 Å². The smallest absolute Gasteiger partial charge is 0.166 e. The molecule has 5 heteroatoms. The summed E-state index contributed by atoms with van der Waals surface area (Å²) in [5, 5.41) is 9.46. The van der Waals surface area contributed by atoms with E-state index < -0.39 is 5.82 Å². The van der Waals surface area contributed by atoms with E-state index in [4.69, 9.17) is 10.00 Å². The lowest BCUT2D eigenvalue weighted by Gasteiger charge is -2.04. The van der Waals surface area contributed by atoms with Crippen LogP contribution in [-0.4, -0.2) is 4.98 Å². The van der Waals surface area contributed by atoms with Crippen LogP contribution in [-0.2, 0) is 6.61 Å². The van der Waals surface area contributed by atoms with E-state index in [0.717, 1.165) is 21.3 Å². The summed E-state index contributed by atoms with van der Waals surface area (Å²) in [6.45, 7) is 0.210. The fraction of sp³-hybridized carbons (Fsp3) is 0.0667. The minimum absolute atomic E-state index is 0.128. The first-order chi connectivity index (χ1) is 9.76. The molecule has 0 saturated heterocycles. The van der Waals surface area contributed by atoms with E-state index in [9.17, 15) is 4.39 Å². The number of para-hydroxylation sites is 1. The van der Waals surface area contributed by atoms with Crippen LogP contribution in [0.15, 0.2) is 42.5 Å². The zero-order valence-corrected chi connectivity index (χ0v) is 11.2. The average Bonchev–Trinajstić information content (AvgIpc) is 2.88. The molecule has 20 heavy (non-hydrogen) atoms. The Morgan fingerprint density at radius 1 is 1.25 bits per heavy atom. The lowest BCUT2D eigenvalue weighted by molar-refractivity contribution is 0.290. The van der Waals surface area contributed by atoms with Gasteiger partial charge in [-0.2, -0.15) is 5.26 Å². The Balaban J connectivity index is 1.77. The number of halogens is 1. The molecule has 0 aliphatic heterocycles. The number of ether oxygens (including phenoxy) is 1. The van der Waals surface area contributed by atoms with Crippen LogP contribution in [0.1, 0.15) is 10.6 Å². The van der Waals surface area contributed by atoms with E-state index in [-0.39, 0.29) is 17.9 Å². The molecule has 0 aliphatic carbocycles. The highest BCUT2D eigenvalue weighted by atomic mass is 32.1. The van der Waals surface area contributed by atoms with Gasteiger partial charge in [-0.15, -0.1) is 11.3 Å². The molecule has 2 aromatic carbocycles. The first kappa shape index (κ1) is 12.6. The van der Waals surface area contributed by atoms with Crippen molar-refractivity contribution in [1.82, 2.24) is 4.98 Å². The highest BCUT2D eigenvalue weighted by molar-refractivity contribution is 7.18. The van der Waals surface area contributed by atoms with Gasteiger partial charge < -0.3 is 4.74 Å². The van der Waals surface area contributed by atoms with Crippen molar-refractivity contribution in [2.24, 2.45) is 0 Å². The minimum atomic E-state index is -0.537. The summed E-state index contributed by atoms with van der Waals surface area (Å²) in [5.74, 6) is -0.409. The molecule has 0 amide bonds. The number of hydrogen-bond acceptors (Lipinski definition) is 4. The number of nitrogens with zero attached hydrogens (tertiary/aromatic N) is 2. The molecule has 1 aromatic heterocycles. The fourth-order valence-corrected chi connectivity index (χ4v) is 2.69. The summed E-state index contributed by atoms with van der Waals surface area (Å²) >= 11 is 1.52. The average molecular weight is 284 g/mol. The first-order valence-electron chi connectivity index (χ1n) is 5.93. The van der Waals surface area contributed by atoms with Crippen LogP contribution in [0.3, 0.4) is 0 Å². The number of benzene rings is 2. The molecule has 0 atom stereocenters. The highest BCUT2D eigenvalue weighted by Crippen LogP contribution is 2.24. The Kier molecular flexibility index (Phi) is 3.32. The van der Waals surface area contributed by atoms with Crippen molar-refractivity contribution in [3.63, 3.8) is 0 Å². The van der Waals surface area contributed by atoms with Gasteiger partial charge in [-0.1, -0.05) is 12.1 Å². The summed E-state index contributed by atoms with van der Waals surface area (Å²) in [7, 11) is 0. The topological polar surface area (TPSA) is 45.9 Å². The molecule has 0 spiro atoms. The minimum Gasteiger partial charge on any atom is -0.483 e. The molecular formula is C15H9FN2OS. The summed E-state index contributed by atoms with van der Waals surface area (Å²) in [4.78, 5) is 4.41. The van der Waals surface area contributed by atoms with E-state index in [0.29, 0.717) is 0 Å².